The number of aromatic nitrogens is 1. The van der Waals surface area contributed by atoms with E-state index in [0.29, 0.717) is 0 Å². The highest BCUT2D eigenvalue weighted by atomic mass is 32.1. The first-order valence-electron chi connectivity index (χ1n) is 10.1. The molecule has 6 heteroatoms. The van der Waals surface area contributed by atoms with Crippen LogP contribution in [0.5, 0.6) is 0 Å². The smallest absolute Gasteiger partial charge is 0.399 e. The summed E-state index contributed by atoms with van der Waals surface area (Å²) in [5.41, 5.74) is 1.50. The minimum absolute atomic E-state index is 0.315. The average molecular weight is 386 g/mol. The third kappa shape index (κ3) is 3.69. The molecule has 4 rings (SSSR count). The molecule has 2 aliphatic heterocycles. The third-order valence-corrected chi connectivity index (χ3v) is 7.76. The average Bonchev–Trinajstić information content (AvgIpc) is 3.06. The van der Waals surface area contributed by atoms with E-state index < -0.39 is 0 Å². The third-order valence-electron chi connectivity index (χ3n) is 6.70. The van der Waals surface area contributed by atoms with Crippen LogP contribution in [0.15, 0.2) is 18.2 Å². The number of fused-ring (bicyclic) bond motifs is 1. The van der Waals surface area contributed by atoms with E-state index >= 15 is 0 Å². The normalized spacial score (nSPS) is 28.1. The molecule has 0 radical (unpaired) electrons. The van der Waals surface area contributed by atoms with Gasteiger partial charge in [0.05, 0.1) is 26.4 Å². The number of benzene rings is 1. The molecule has 2 atom stereocenters. The van der Waals surface area contributed by atoms with Crippen LogP contribution in [-0.4, -0.2) is 48.3 Å². The molecule has 0 bridgehead atoms. The lowest BCUT2D eigenvalue weighted by molar-refractivity contribution is 0.00578. The fraction of sp³-hybridized carbons (Fsp3) is 0.667. The zero-order chi connectivity index (χ0) is 19.4. The molecular weight excluding hydrogens is 355 g/mol. The molecule has 2 saturated heterocycles. The van der Waals surface area contributed by atoms with Crippen LogP contribution >= 0.6 is 11.3 Å². The van der Waals surface area contributed by atoms with Crippen molar-refractivity contribution in [1.82, 2.24) is 9.88 Å². The summed E-state index contributed by atoms with van der Waals surface area (Å²) in [5.74, 6) is 1.47. The Kier molecular flexibility index (Phi) is 4.90. The van der Waals surface area contributed by atoms with Crippen molar-refractivity contribution in [3.63, 3.8) is 0 Å². The number of thiazole rings is 1. The summed E-state index contributed by atoms with van der Waals surface area (Å²) in [7, 11) is 1.90. The number of piperidine rings is 1. The summed E-state index contributed by atoms with van der Waals surface area (Å²) in [4.78, 5) is 7.40. The summed E-state index contributed by atoms with van der Waals surface area (Å²) in [6, 6.07) is 6.45. The first-order valence-corrected chi connectivity index (χ1v) is 10.9. The van der Waals surface area contributed by atoms with Gasteiger partial charge in [-0.15, -0.1) is 11.3 Å². The maximum atomic E-state index is 6.20. The number of hydrogen-bond acceptors (Lipinski definition) is 5. The van der Waals surface area contributed by atoms with E-state index in [4.69, 9.17) is 14.3 Å². The topological polar surface area (TPSA) is 34.6 Å². The first-order chi connectivity index (χ1) is 12.6. The quantitative estimate of drug-likeness (QED) is 0.753. The van der Waals surface area contributed by atoms with Crippen molar-refractivity contribution in [2.45, 2.75) is 58.7 Å². The summed E-state index contributed by atoms with van der Waals surface area (Å²) < 4.78 is 13.7. The Bertz CT molecular complexity index is 819. The lowest BCUT2D eigenvalue weighted by atomic mass is 9.79. The summed E-state index contributed by atoms with van der Waals surface area (Å²) >= 11 is 1.84. The van der Waals surface area contributed by atoms with Crippen molar-refractivity contribution in [2.75, 3.05) is 20.1 Å². The molecule has 2 unspecified atom stereocenters. The van der Waals surface area contributed by atoms with Crippen molar-refractivity contribution in [3.8, 4) is 0 Å². The van der Waals surface area contributed by atoms with Gasteiger partial charge in [-0.3, -0.25) is 0 Å². The predicted octanol–water partition coefficient (Wildman–Crippen LogP) is 3.73. The molecule has 146 valence electrons. The molecule has 27 heavy (non-hydrogen) atoms. The first kappa shape index (κ1) is 19.4. The highest BCUT2D eigenvalue weighted by molar-refractivity contribution is 7.18. The zero-order valence-electron chi connectivity index (χ0n) is 17.4. The second-order valence-electron chi connectivity index (χ2n) is 9.42. The number of likely N-dealkylation sites (tertiary alicyclic amines) is 1. The number of hydrogen-bond donors (Lipinski definition) is 0. The maximum Gasteiger partial charge on any atom is 0.494 e. The Morgan fingerprint density at radius 1 is 1.22 bits per heavy atom. The van der Waals surface area contributed by atoms with Crippen molar-refractivity contribution >= 4 is 34.1 Å². The molecule has 2 fully saturated rings. The minimum Gasteiger partial charge on any atom is -0.399 e. The fourth-order valence-corrected chi connectivity index (χ4v) is 5.18. The van der Waals surface area contributed by atoms with E-state index in [1.807, 2.05) is 11.3 Å². The molecule has 1 aromatic carbocycles. The minimum atomic E-state index is -0.321. The van der Waals surface area contributed by atoms with Crippen molar-refractivity contribution < 1.29 is 9.31 Å². The standard InChI is InChI=1S/C21H31BN2O2S/c1-14-13-24(6)10-9-15(14)11-19-23-17-12-16(7-8-18(17)27-19)22-25-20(2,3)21(4,5)26-22/h7-8,12,14-15H,9-11,13H2,1-6H3. The Morgan fingerprint density at radius 3 is 2.59 bits per heavy atom. The van der Waals surface area contributed by atoms with E-state index in [-0.39, 0.29) is 18.3 Å². The van der Waals surface area contributed by atoms with E-state index in [2.05, 4.69) is 64.8 Å². The highest BCUT2D eigenvalue weighted by Crippen LogP contribution is 2.37. The van der Waals surface area contributed by atoms with Crippen LogP contribution in [-0.2, 0) is 15.7 Å². The van der Waals surface area contributed by atoms with Gasteiger partial charge >= 0.3 is 7.12 Å². The molecule has 0 saturated carbocycles. The molecule has 2 aliphatic rings. The van der Waals surface area contributed by atoms with Gasteiger partial charge in [0.25, 0.3) is 0 Å². The highest BCUT2D eigenvalue weighted by Gasteiger charge is 2.51. The summed E-state index contributed by atoms with van der Waals surface area (Å²) in [6.45, 7) is 13.1. The van der Waals surface area contributed by atoms with Crippen molar-refractivity contribution in [3.05, 3.63) is 23.2 Å². The van der Waals surface area contributed by atoms with Crippen LogP contribution in [0.3, 0.4) is 0 Å². The number of nitrogens with zero attached hydrogens (tertiary/aromatic N) is 2. The van der Waals surface area contributed by atoms with E-state index in [1.165, 1.54) is 29.2 Å². The van der Waals surface area contributed by atoms with Gasteiger partial charge in [-0.05, 0) is 77.1 Å². The second kappa shape index (κ2) is 6.84. The van der Waals surface area contributed by atoms with Crippen LogP contribution in [0.4, 0.5) is 0 Å². The Morgan fingerprint density at radius 2 is 1.93 bits per heavy atom. The second-order valence-corrected chi connectivity index (χ2v) is 10.5. The van der Waals surface area contributed by atoms with Crippen LogP contribution < -0.4 is 5.46 Å². The molecular formula is C21H31BN2O2S. The zero-order valence-corrected chi connectivity index (χ0v) is 18.2. The van der Waals surface area contributed by atoms with Crippen LogP contribution in [0, 0.1) is 11.8 Å². The molecule has 1 aromatic heterocycles. The Labute approximate surface area is 167 Å². The summed E-state index contributed by atoms with van der Waals surface area (Å²) in [6.07, 6.45) is 2.37. The van der Waals surface area contributed by atoms with Gasteiger partial charge in [-0.25, -0.2) is 4.98 Å². The van der Waals surface area contributed by atoms with Gasteiger partial charge in [-0.2, -0.15) is 0 Å². The molecule has 0 N–H and O–H groups in total. The Balaban J connectivity index is 1.53. The lowest BCUT2D eigenvalue weighted by Crippen LogP contribution is -2.41. The molecule has 3 heterocycles. The van der Waals surface area contributed by atoms with E-state index in [0.717, 1.165) is 29.2 Å². The lowest BCUT2D eigenvalue weighted by Gasteiger charge is -2.34. The monoisotopic (exact) mass is 386 g/mol. The van der Waals surface area contributed by atoms with Crippen molar-refractivity contribution in [2.24, 2.45) is 11.8 Å². The van der Waals surface area contributed by atoms with Crippen molar-refractivity contribution in [1.29, 1.82) is 0 Å². The van der Waals surface area contributed by atoms with Gasteiger partial charge < -0.3 is 14.2 Å². The molecule has 0 amide bonds. The number of rotatable bonds is 3. The van der Waals surface area contributed by atoms with Crippen LogP contribution in [0.1, 0.15) is 46.0 Å². The molecule has 0 spiro atoms. The predicted molar refractivity (Wildman–Crippen MR) is 114 cm³/mol. The molecule has 4 nitrogen and oxygen atoms in total. The van der Waals surface area contributed by atoms with Gasteiger partial charge in [-0.1, -0.05) is 13.0 Å². The molecule has 0 aliphatic carbocycles. The van der Waals surface area contributed by atoms with Crippen LogP contribution in [0.25, 0.3) is 10.2 Å². The van der Waals surface area contributed by atoms with Gasteiger partial charge in [0.1, 0.15) is 0 Å². The fourth-order valence-electron chi connectivity index (χ4n) is 4.14. The summed E-state index contributed by atoms with van der Waals surface area (Å²) in [5, 5.41) is 1.26. The largest absolute Gasteiger partial charge is 0.494 e. The Hall–Kier alpha value is -0.945. The SMILES string of the molecule is CC1CN(C)CCC1Cc1nc2cc(B3OC(C)(C)C(C)(C)O3)ccc2s1. The molecule has 2 aromatic rings. The maximum absolute atomic E-state index is 6.20. The van der Waals surface area contributed by atoms with Gasteiger partial charge in [0, 0.05) is 13.0 Å². The van der Waals surface area contributed by atoms with Gasteiger partial charge in [0.15, 0.2) is 0 Å². The van der Waals surface area contributed by atoms with E-state index in [1.54, 1.807) is 0 Å². The van der Waals surface area contributed by atoms with Crippen LogP contribution in [0.2, 0.25) is 0 Å². The van der Waals surface area contributed by atoms with Gasteiger partial charge in [0.2, 0.25) is 0 Å². The van der Waals surface area contributed by atoms with E-state index in [9.17, 15) is 0 Å².